The van der Waals surface area contributed by atoms with Crippen molar-refractivity contribution in [2.45, 2.75) is 44.7 Å². The fourth-order valence-corrected chi connectivity index (χ4v) is 7.02. The van der Waals surface area contributed by atoms with Crippen LogP contribution in [0.25, 0.3) is 11.3 Å². The van der Waals surface area contributed by atoms with Gasteiger partial charge in [0, 0.05) is 44.6 Å². The standard InChI is InChI=1S/C30H32N10/c1-38-18-20(15-35-38)21-6-7-24-22(36-21)5-3-11-40(24)29-27-23(16-34-29)37-25(17-33-27)39-12-8-30(9-13-39)14-19-4-2-10-32-26(19)28(30)31/h2,4,6-7,10,15,17-18,28H,3,5,8-9,11-14,16,31H2,1H3. The second kappa shape index (κ2) is 8.92. The van der Waals surface area contributed by atoms with Crippen molar-refractivity contribution in [3.63, 3.8) is 0 Å². The van der Waals surface area contributed by atoms with E-state index in [-0.39, 0.29) is 11.5 Å². The molecule has 1 unspecified atom stereocenters. The Morgan fingerprint density at radius 1 is 1.00 bits per heavy atom. The van der Waals surface area contributed by atoms with Gasteiger partial charge in [0.2, 0.25) is 0 Å². The van der Waals surface area contributed by atoms with Crippen molar-refractivity contribution in [3.8, 4) is 11.3 Å². The molecule has 202 valence electrons. The summed E-state index contributed by atoms with van der Waals surface area (Å²) in [7, 11) is 1.93. The van der Waals surface area contributed by atoms with Crippen LogP contribution in [0.4, 0.5) is 11.5 Å². The van der Waals surface area contributed by atoms with E-state index in [1.807, 2.05) is 42.6 Å². The summed E-state index contributed by atoms with van der Waals surface area (Å²) < 4.78 is 1.81. The lowest BCUT2D eigenvalue weighted by Crippen LogP contribution is -2.44. The van der Waals surface area contributed by atoms with Crippen molar-refractivity contribution in [2.75, 3.05) is 29.4 Å². The molecule has 0 aromatic carbocycles. The number of rotatable bonds is 2. The van der Waals surface area contributed by atoms with Gasteiger partial charge in [0.25, 0.3) is 0 Å². The van der Waals surface area contributed by atoms with Gasteiger partial charge in [-0.1, -0.05) is 6.07 Å². The van der Waals surface area contributed by atoms with E-state index in [1.54, 1.807) is 0 Å². The summed E-state index contributed by atoms with van der Waals surface area (Å²) in [4.78, 5) is 29.1. The summed E-state index contributed by atoms with van der Waals surface area (Å²) in [5.74, 6) is 1.85. The van der Waals surface area contributed by atoms with Gasteiger partial charge in [0.05, 0.1) is 53.4 Å². The summed E-state index contributed by atoms with van der Waals surface area (Å²) in [6.07, 6.45) is 12.7. The van der Waals surface area contributed by atoms with Gasteiger partial charge in [-0.2, -0.15) is 5.10 Å². The van der Waals surface area contributed by atoms with Crippen LogP contribution in [0.1, 0.15) is 53.6 Å². The van der Waals surface area contributed by atoms with Crippen molar-refractivity contribution in [3.05, 3.63) is 77.4 Å². The van der Waals surface area contributed by atoms with Gasteiger partial charge in [-0.15, -0.1) is 0 Å². The van der Waals surface area contributed by atoms with Crippen LogP contribution in [0.2, 0.25) is 0 Å². The molecule has 1 aliphatic carbocycles. The van der Waals surface area contributed by atoms with Crippen LogP contribution in [0.3, 0.4) is 0 Å². The Hall–Kier alpha value is -4.18. The van der Waals surface area contributed by atoms with Gasteiger partial charge in [-0.05, 0) is 61.3 Å². The Balaban J connectivity index is 1.00. The molecule has 40 heavy (non-hydrogen) atoms. The van der Waals surface area contributed by atoms with E-state index in [0.717, 1.165) is 103 Å². The van der Waals surface area contributed by atoms with Crippen LogP contribution >= 0.6 is 0 Å². The van der Waals surface area contributed by atoms with Crippen LogP contribution in [0, 0.1) is 5.41 Å². The number of fused-ring (bicyclic) bond motifs is 3. The van der Waals surface area contributed by atoms with E-state index in [4.69, 9.17) is 25.7 Å². The number of nitrogens with zero attached hydrogens (tertiary/aromatic N) is 9. The summed E-state index contributed by atoms with van der Waals surface area (Å²) in [5.41, 5.74) is 15.3. The highest BCUT2D eigenvalue weighted by Gasteiger charge is 2.47. The first kappa shape index (κ1) is 23.7. The maximum Gasteiger partial charge on any atom is 0.156 e. The zero-order chi connectivity index (χ0) is 26.8. The third-order valence-corrected chi connectivity index (χ3v) is 9.22. The molecule has 3 aliphatic heterocycles. The molecule has 1 spiro atoms. The van der Waals surface area contributed by atoms with E-state index < -0.39 is 0 Å². The van der Waals surface area contributed by atoms with E-state index in [2.05, 4.69) is 38.1 Å². The number of aryl methyl sites for hydroxylation is 2. The lowest BCUT2D eigenvalue weighted by Gasteiger charge is -2.42. The molecule has 10 nitrogen and oxygen atoms in total. The molecule has 0 amide bonds. The van der Waals surface area contributed by atoms with Crippen LogP contribution in [-0.2, 0) is 26.4 Å². The number of amidine groups is 1. The number of nitrogens with two attached hydrogens (primary N) is 1. The first-order valence-electron chi connectivity index (χ1n) is 14.2. The number of hydrogen-bond donors (Lipinski definition) is 1. The largest absolute Gasteiger partial charge is 0.355 e. The molecule has 10 heteroatoms. The predicted molar refractivity (Wildman–Crippen MR) is 153 cm³/mol. The Morgan fingerprint density at radius 2 is 1.90 bits per heavy atom. The van der Waals surface area contributed by atoms with Gasteiger partial charge in [-0.25, -0.2) is 9.97 Å². The Bertz CT molecular complexity index is 1650. The first-order valence-corrected chi connectivity index (χ1v) is 14.2. The summed E-state index contributed by atoms with van der Waals surface area (Å²) in [5, 5.41) is 4.30. The number of hydrogen-bond acceptors (Lipinski definition) is 9. The lowest BCUT2D eigenvalue weighted by molar-refractivity contribution is 0.185. The van der Waals surface area contributed by atoms with Crippen molar-refractivity contribution in [2.24, 2.45) is 23.2 Å². The summed E-state index contributed by atoms with van der Waals surface area (Å²) >= 11 is 0. The molecular formula is C30H32N10. The van der Waals surface area contributed by atoms with Crippen molar-refractivity contribution in [1.29, 1.82) is 0 Å². The maximum atomic E-state index is 6.74. The molecule has 2 N–H and O–H groups in total. The van der Waals surface area contributed by atoms with Crippen LogP contribution in [0.15, 0.2) is 54.0 Å². The fourth-order valence-electron chi connectivity index (χ4n) is 7.02. The maximum absolute atomic E-state index is 6.74. The third kappa shape index (κ3) is 3.66. The molecule has 1 fully saturated rings. The van der Waals surface area contributed by atoms with E-state index >= 15 is 0 Å². The number of anilines is 2. The average molecular weight is 533 g/mol. The molecule has 7 heterocycles. The number of pyridine rings is 2. The Labute approximate surface area is 233 Å². The minimum Gasteiger partial charge on any atom is -0.355 e. The van der Waals surface area contributed by atoms with Crippen molar-refractivity contribution in [1.82, 2.24) is 29.7 Å². The monoisotopic (exact) mass is 532 g/mol. The Kier molecular flexibility index (Phi) is 5.28. The molecule has 8 rings (SSSR count). The highest BCUT2D eigenvalue weighted by atomic mass is 15.3. The molecule has 4 aromatic heterocycles. The summed E-state index contributed by atoms with van der Waals surface area (Å²) in [6.45, 7) is 3.30. The van der Waals surface area contributed by atoms with Crippen molar-refractivity contribution >= 4 is 17.3 Å². The highest BCUT2D eigenvalue weighted by Crippen LogP contribution is 2.50. The minimum atomic E-state index is 0.00950. The number of piperidine rings is 1. The second-order valence-corrected chi connectivity index (χ2v) is 11.5. The molecule has 1 atom stereocenters. The van der Waals surface area contributed by atoms with Crippen LogP contribution < -0.4 is 15.5 Å². The van der Waals surface area contributed by atoms with Gasteiger partial charge >= 0.3 is 0 Å². The highest BCUT2D eigenvalue weighted by molar-refractivity contribution is 6.11. The molecule has 4 aliphatic rings. The average Bonchev–Trinajstić information content (AvgIpc) is 3.69. The van der Waals surface area contributed by atoms with Crippen LogP contribution in [-0.4, -0.2) is 55.2 Å². The molecule has 0 radical (unpaired) electrons. The quantitative estimate of drug-likeness (QED) is 0.419. The van der Waals surface area contributed by atoms with E-state index in [1.165, 1.54) is 5.56 Å². The topological polar surface area (TPSA) is 114 Å². The molecule has 0 saturated carbocycles. The first-order chi connectivity index (χ1) is 19.6. The Morgan fingerprint density at radius 3 is 2.73 bits per heavy atom. The SMILES string of the molecule is Cn1cc(-c2ccc3c(n2)CCCN3C2=NCc3nc(N4CCC5(CC4)Cc4cccnc4C5N)cnc32)cn1. The van der Waals surface area contributed by atoms with E-state index in [9.17, 15) is 0 Å². The van der Waals surface area contributed by atoms with E-state index in [0.29, 0.717) is 6.54 Å². The van der Waals surface area contributed by atoms with Gasteiger partial charge in [0.15, 0.2) is 5.84 Å². The predicted octanol–water partition coefficient (Wildman–Crippen LogP) is 3.22. The number of aliphatic imine (C=N–C) groups is 1. The number of aromatic nitrogens is 6. The second-order valence-electron chi connectivity index (χ2n) is 11.5. The summed E-state index contributed by atoms with van der Waals surface area (Å²) in [6, 6.07) is 8.46. The molecule has 0 bridgehead atoms. The van der Waals surface area contributed by atoms with Gasteiger partial charge in [0.1, 0.15) is 11.5 Å². The minimum absolute atomic E-state index is 0.00950. The van der Waals surface area contributed by atoms with Crippen LogP contribution in [0.5, 0.6) is 0 Å². The molecular weight excluding hydrogens is 500 g/mol. The fraction of sp³-hybridized carbons (Fsp3) is 0.400. The zero-order valence-electron chi connectivity index (χ0n) is 22.7. The molecule has 1 saturated heterocycles. The van der Waals surface area contributed by atoms with Crippen molar-refractivity contribution < 1.29 is 0 Å². The zero-order valence-corrected chi connectivity index (χ0v) is 22.7. The smallest absolute Gasteiger partial charge is 0.156 e. The normalized spacial score (nSPS) is 20.9. The lowest BCUT2D eigenvalue weighted by atomic mass is 9.73. The molecule has 4 aromatic rings. The van der Waals surface area contributed by atoms with Gasteiger partial charge in [-0.3, -0.25) is 19.6 Å². The van der Waals surface area contributed by atoms with Gasteiger partial charge < -0.3 is 15.5 Å². The third-order valence-electron chi connectivity index (χ3n) is 9.22.